The van der Waals surface area contributed by atoms with Crippen LogP contribution in [0, 0.1) is 0 Å². The van der Waals surface area contributed by atoms with E-state index in [4.69, 9.17) is 9.47 Å². The van der Waals surface area contributed by atoms with Crippen LogP contribution in [0.25, 0.3) is 0 Å². The van der Waals surface area contributed by atoms with Crippen LogP contribution in [0.4, 0.5) is 5.69 Å². The third kappa shape index (κ3) is 3.16. The monoisotopic (exact) mass is 347 g/mol. The number of benzene rings is 2. The molecule has 3 rings (SSSR count). The summed E-state index contributed by atoms with van der Waals surface area (Å²) in [5.74, 6) is 2.33. The summed E-state index contributed by atoms with van der Waals surface area (Å²) in [6, 6.07) is 14.2. The molecule has 0 bridgehead atoms. The van der Waals surface area contributed by atoms with Crippen molar-refractivity contribution in [2.45, 2.75) is 12.3 Å². The third-order valence-corrected chi connectivity index (χ3v) is 4.49. The first-order valence-electron chi connectivity index (χ1n) is 7.07. The molecule has 0 saturated heterocycles. The summed E-state index contributed by atoms with van der Waals surface area (Å²) < 4.78 is 12.0. The molecular weight excluding hydrogens is 330 g/mol. The Morgan fingerprint density at radius 2 is 2.14 bits per heavy atom. The molecule has 0 amide bonds. The van der Waals surface area contributed by atoms with Gasteiger partial charge in [-0.05, 0) is 46.1 Å². The molecule has 2 aromatic carbocycles. The molecule has 0 aliphatic carbocycles. The van der Waals surface area contributed by atoms with Gasteiger partial charge < -0.3 is 14.8 Å². The molecule has 1 aliphatic heterocycles. The number of anilines is 1. The predicted octanol–water partition coefficient (Wildman–Crippen LogP) is 4.44. The van der Waals surface area contributed by atoms with Crippen LogP contribution in [0.3, 0.4) is 0 Å². The van der Waals surface area contributed by atoms with Gasteiger partial charge in [0.05, 0.1) is 19.4 Å². The molecule has 1 atom stereocenters. The van der Waals surface area contributed by atoms with Crippen LogP contribution >= 0.6 is 15.9 Å². The molecule has 0 saturated carbocycles. The Labute approximate surface area is 133 Å². The van der Waals surface area contributed by atoms with E-state index in [0.717, 1.165) is 41.2 Å². The van der Waals surface area contributed by atoms with E-state index in [1.807, 2.05) is 30.3 Å². The largest absolute Gasteiger partial charge is 0.497 e. The Kier molecular flexibility index (Phi) is 4.34. The van der Waals surface area contributed by atoms with E-state index < -0.39 is 0 Å². The molecule has 0 aromatic heterocycles. The van der Waals surface area contributed by atoms with Crippen molar-refractivity contribution in [2.75, 3.05) is 25.6 Å². The summed E-state index contributed by atoms with van der Waals surface area (Å²) in [6.07, 6.45) is 1.03. The number of para-hydroxylation sites is 1. The zero-order valence-electron chi connectivity index (χ0n) is 11.9. The van der Waals surface area contributed by atoms with Crippen molar-refractivity contribution in [3.63, 3.8) is 0 Å². The quantitative estimate of drug-likeness (QED) is 0.886. The van der Waals surface area contributed by atoms with Crippen LogP contribution in [0.1, 0.15) is 17.9 Å². The van der Waals surface area contributed by atoms with Gasteiger partial charge in [0.2, 0.25) is 0 Å². The Hall–Kier alpha value is -1.68. The average Bonchev–Trinajstić information content (AvgIpc) is 2.54. The summed E-state index contributed by atoms with van der Waals surface area (Å²) in [4.78, 5) is 0. The average molecular weight is 348 g/mol. The van der Waals surface area contributed by atoms with Crippen molar-refractivity contribution in [3.8, 4) is 11.5 Å². The Bertz CT molecular complexity index is 630. The minimum atomic E-state index is 0.466. The molecule has 1 aliphatic rings. The van der Waals surface area contributed by atoms with Crippen LogP contribution in [0.2, 0.25) is 0 Å². The van der Waals surface area contributed by atoms with Gasteiger partial charge in [-0.2, -0.15) is 0 Å². The van der Waals surface area contributed by atoms with Gasteiger partial charge in [0.1, 0.15) is 11.5 Å². The summed E-state index contributed by atoms with van der Waals surface area (Å²) in [5, 5.41) is 3.52. The Morgan fingerprint density at radius 1 is 1.29 bits per heavy atom. The number of halogens is 1. The standard InChI is InChI=1S/C17H18BrNO2/c1-20-13-6-7-15(18)16(10-13)19-11-12-8-9-21-17-5-3-2-4-14(12)17/h2-7,10,12,19H,8-9,11H2,1H3. The molecular formula is C17H18BrNO2. The van der Waals surface area contributed by atoms with Gasteiger partial charge in [0.25, 0.3) is 0 Å². The van der Waals surface area contributed by atoms with Gasteiger partial charge in [-0.25, -0.2) is 0 Å². The van der Waals surface area contributed by atoms with Crippen LogP contribution in [0.5, 0.6) is 11.5 Å². The lowest BCUT2D eigenvalue weighted by atomic mass is 9.93. The van der Waals surface area contributed by atoms with Gasteiger partial charge in [-0.1, -0.05) is 18.2 Å². The molecule has 2 aromatic rings. The van der Waals surface area contributed by atoms with E-state index in [-0.39, 0.29) is 0 Å². The highest BCUT2D eigenvalue weighted by molar-refractivity contribution is 9.10. The zero-order chi connectivity index (χ0) is 14.7. The normalized spacial score (nSPS) is 16.8. The molecule has 4 heteroatoms. The fraction of sp³-hybridized carbons (Fsp3) is 0.294. The minimum Gasteiger partial charge on any atom is -0.497 e. The van der Waals surface area contributed by atoms with Crippen LogP contribution in [0.15, 0.2) is 46.9 Å². The van der Waals surface area contributed by atoms with Crippen LogP contribution in [-0.4, -0.2) is 20.3 Å². The van der Waals surface area contributed by atoms with E-state index in [1.165, 1.54) is 5.56 Å². The van der Waals surface area contributed by atoms with Gasteiger partial charge in [-0.3, -0.25) is 0 Å². The number of methoxy groups -OCH3 is 1. The van der Waals surface area contributed by atoms with Crippen molar-refractivity contribution < 1.29 is 9.47 Å². The molecule has 0 spiro atoms. The molecule has 3 nitrogen and oxygen atoms in total. The highest BCUT2D eigenvalue weighted by atomic mass is 79.9. The zero-order valence-corrected chi connectivity index (χ0v) is 13.5. The summed E-state index contributed by atoms with van der Waals surface area (Å²) in [7, 11) is 1.68. The minimum absolute atomic E-state index is 0.466. The first-order valence-corrected chi connectivity index (χ1v) is 7.86. The maximum Gasteiger partial charge on any atom is 0.122 e. The van der Waals surface area contributed by atoms with E-state index in [9.17, 15) is 0 Å². The number of nitrogens with one attached hydrogen (secondary N) is 1. The Morgan fingerprint density at radius 3 is 3.00 bits per heavy atom. The topological polar surface area (TPSA) is 30.5 Å². The molecule has 1 N–H and O–H groups in total. The SMILES string of the molecule is COc1ccc(Br)c(NCC2CCOc3ccccc32)c1. The van der Waals surface area contributed by atoms with Crippen molar-refractivity contribution in [2.24, 2.45) is 0 Å². The van der Waals surface area contributed by atoms with Crippen molar-refractivity contribution in [1.82, 2.24) is 0 Å². The molecule has 110 valence electrons. The molecule has 1 heterocycles. The first kappa shape index (κ1) is 14.3. The number of fused-ring (bicyclic) bond motifs is 1. The lowest BCUT2D eigenvalue weighted by Crippen LogP contribution is -2.20. The van der Waals surface area contributed by atoms with E-state index in [2.05, 4.69) is 33.4 Å². The predicted molar refractivity (Wildman–Crippen MR) is 88.5 cm³/mol. The fourth-order valence-electron chi connectivity index (χ4n) is 2.63. The van der Waals surface area contributed by atoms with E-state index in [1.54, 1.807) is 7.11 Å². The van der Waals surface area contributed by atoms with E-state index >= 15 is 0 Å². The third-order valence-electron chi connectivity index (χ3n) is 3.80. The molecule has 1 unspecified atom stereocenters. The van der Waals surface area contributed by atoms with Crippen molar-refractivity contribution in [1.29, 1.82) is 0 Å². The molecule has 0 radical (unpaired) electrons. The van der Waals surface area contributed by atoms with Gasteiger partial charge in [0, 0.05) is 23.0 Å². The molecule has 21 heavy (non-hydrogen) atoms. The smallest absolute Gasteiger partial charge is 0.122 e. The van der Waals surface area contributed by atoms with Gasteiger partial charge in [-0.15, -0.1) is 0 Å². The number of rotatable bonds is 4. The Balaban J connectivity index is 1.74. The second-order valence-corrected chi connectivity index (χ2v) is 5.95. The lowest BCUT2D eigenvalue weighted by molar-refractivity contribution is 0.270. The highest BCUT2D eigenvalue weighted by Gasteiger charge is 2.20. The second-order valence-electron chi connectivity index (χ2n) is 5.10. The highest BCUT2D eigenvalue weighted by Crippen LogP contribution is 2.34. The maximum atomic E-state index is 5.71. The van der Waals surface area contributed by atoms with Crippen molar-refractivity contribution >= 4 is 21.6 Å². The van der Waals surface area contributed by atoms with Crippen molar-refractivity contribution in [3.05, 3.63) is 52.5 Å². The number of hydrogen-bond donors (Lipinski definition) is 1. The van der Waals surface area contributed by atoms with Crippen LogP contribution in [-0.2, 0) is 0 Å². The lowest BCUT2D eigenvalue weighted by Gasteiger charge is -2.26. The maximum absolute atomic E-state index is 5.71. The summed E-state index contributed by atoms with van der Waals surface area (Å²) in [6.45, 7) is 1.66. The number of ether oxygens (including phenoxy) is 2. The first-order chi connectivity index (χ1) is 10.3. The second kappa shape index (κ2) is 6.39. The summed E-state index contributed by atoms with van der Waals surface area (Å²) in [5.41, 5.74) is 2.34. The van der Waals surface area contributed by atoms with E-state index in [0.29, 0.717) is 5.92 Å². The fourth-order valence-corrected chi connectivity index (χ4v) is 3.01. The molecule has 0 fully saturated rings. The number of hydrogen-bond acceptors (Lipinski definition) is 3. The van der Waals surface area contributed by atoms with Crippen LogP contribution < -0.4 is 14.8 Å². The summed E-state index contributed by atoms with van der Waals surface area (Å²) >= 11 is 3.57. The van der Waals surface area contributed by atoms with Gasteiger partial charge in [0.15, 0.2) is 0 Å². The van der Waals surface area contributed by atoms with Gasteiger partial charge >= 0.3 is 0 Å².